The summed E-state index contributed by atoms with van der Waals surface area (Å²) in [6.45, 7) is 1.98. The third kappa shape index (κ3) is 2.87. The van der Waals surface area contributed by atoms with E-state index in [1.165, 1.54) is 18.2 Å². The van der Waals surface area contributed by atoms with Gasteiger partial charge < -0.3 is 9.72 Å². The van der Waals surface area contributed by atoms with Gasteiger partial charge in [0.2, 0.25) is 0 Å². The number of benzene rings is 1. The number of ether oxygens (including phenoxy) is 1. The summed E-state index contributed by atoms with van der Waals surface area (Å²) in [6, 6.07) is 4.10. The second-order valence-corrected chi connectivity index (χ2v) is 6.67. The van der Waals surface area contributed by atoms with Gasteiger partial charge in [0.1, 0.15) is 0 Å². The fraction of sp³-hybridized carbons (Fsp3) is 0.462. The number of hydrogen-bond donors (Lipinski definition) is 2. The third-order valence-electron chi connectivity index (χ3n) is 3.83. The van der Waals surface area contributed by atoms with E-state index in [9.17, 15) is 13.2 Å². The van der Waals surface area contributed by atoms with Crippen molar-refractivity contribution in [1.29, 1.82) is 0 Å². The lowest BCUT2D eigenvalue weighted by Crippen LogP contribution is -2.25. The first-order chi connectivity index (χ1) is 9.95. The van der Waals surface area contributed by atoms with E-state index >= 15 is 0 Å². The lowest BCUT2D eigenvalue weighted by molar-refractivity contribution is 0.0613. The largest absolute Gasteiger partial charge is 0.381 e. The van der Waals surface area contributed by atoms with E-state index in [1.54, 1.807) is 4.57 Å². The highest BCUT2D eigenvalue weighted by molar-refractivity contribution is 7.85. The van der Waals surface area contributed by atoms with E-state index in [2.05, 4.69) is 4.98 Å². The molecule has 1 fully saturated rings. The van der Waals surface area contributed by atoms with Crippen LogP contribution in [0, 0.1) is 5.92 Å². The predicted molar refractivity (Wildman–Crippen MR) is 75.9 cm³/mol. The average Bonchev–Trinajstić information content (AvgIpc) is 2.75. The molecule has 0 saturated carbocycles. The monoisotopic (exact) mass is 312 g/mol. The third-order valence-corrected chi connectivity index (χ3v) is 4.67. The van der Waals surface area contributed by atoms with Crippen LogP contribution in [0.5, 0.6) is 0 Å². The molecule has 2 aromatic rings. The molecule has 114 valence electrons. The number of rotatable bonds is 3. The summed E-state index contributed by atoms with van der Waals surface area (Å²) < 4.78 is 38.2. The van der Waals surface area contributed by atoms with Crippen molar-refractivity contribution in [2.45, 2.75) is 24.3 Å². The highest BCUT2D eigenvalue weighted by Crippen LogP contribution is 2.20. The zero-order valence-electron chi connectivity index (χ0n) is 11.3. The molecule has 1 saturated heterocycles. The van der Waals surface area contributed by atoms with Crippen LogP contribution in [-0.2, 0) is 21.4 Å². The van der Waals surface area contributed by atoms with Crippen LogP contribution >= 0.6 is 0 Å². The van der Waals surface area contributed by atoms with Gasteiger partial charge in [-0.05, 0) is 37.0 Å². The fourth-order valence-electron chi connectivity index (χ4n) is 2.67. The Morgan fingerprint density at radius 1 is 1.33 bits per heavy atom. The number of nitrogens with one attached hydrogen (secondary N) is 1. The van der Waals surface area contributed by atoms with Gasteiger partial charge >= 0.3 is 5.69 Å². The van der Waals surface area contributed by atoms with E-state index < -0.39 is 10.1 Å². The number of nitrogens with zero attached hydrogens (tertiary/aromatic N) is 1. The summed E-state index contributed by atoms with van der Waals surface area (Å²) in [5.41, 5.74) is 0.769. The molecule has 1 aromatic carbocycles. The molecule has 0 radical (unpaired) electrons. The summed E-state index contributed by atoms with van der Waals surface area (Å²) in [7, 11) is -4.27. The summed E-state index contributed by atoms with van der Waals surface area (Å²) >= 11 is 0. The Morgan fingerprint density at radius 2 is 2.05 bits per heavy atom. The molecule has 7 nitrogen and oxygen atoms in total. The molecule has 3 rings (SSSR count). The normalized spacial score (nSPS) is 17.4. The maximum absolute atomic E-state index is 12.0. The molecule has 2 N–H and O–H groups in total. The number of hydrogen-bond acceptors (Lipinski definition) is 4. The van der Waals surface area contributed by atoms with Gasteiger partial charge in [0, 0.05) is 19.8 Å². The van der Waals surface area contributed by atoms with Gasteiger partial charge in [-0.1, -0.05) is 0 Å². The Labute approximate surface area is 121 Å². The van der Waals surface area contributed by atoms with Crippen molar-refractivity contribution < 1.29 is 17.7 Å². The Kier molecular flexibility index (Phi) is 3.60. The quantitative estimate of drug-likeness (QED) is 0.823. The number of imidazole rings is 1. The number of H-pyrrole nitrogens is 1. The van der Waals surface area contributed by atoms with Crippen LogP contribution in [0.3, 0.4) is 0 Å². The summed E-state index contributed by atoms with van der Waals surface area (Å²) in [5, 5.41) is 0. The zero-order valence-corrected chi connectivity index (χ0v) is 12.1. The first-order valence-corrected chi connectivity index (χ1v) is 8.17. The minimum Gasteiger partial charge on any atom is -0.381 e. The van der Waals surface area contributed by atoms with Gasteiger partial charge in [-0.25, -0.2) is 4.79 Å². The first kappa shape index (κ1) is 14.3. The van der Waals surface area contributed by atoms with Crippen molar-refractivity contribution in [3.8, 4) is 0 Å². The second-order valence-electron chi connectivity index (χ2n) is 5.25. The van der Waals surface area contributed by atoms with E-state index in [-0.39, 0.29) is 10.6 Å². The molecule has 0 unspecified atom stereocenters. The molecule has 0 bridgehead atoms. The molecule has 0 atom stereocenters. The van der Waals surface area contributed by atoms with Gasteiger partial charge in [0.15, 0.2) is 0 Å². The summed E-state index contributed by atoms with van der Waals surface area (Å²) in [6.07, 6.45) is 1.81. The lowest BCUT2D eigenvalue weighted by Gasteiger charge is -2.22. The maximum atomic E-state index is 12.0. The standard InChI is InChI=1S/C13H16N2O5S/c16-13-14-11-7-10(21(17,18)19)1-2-12(11)15(13)8-9-3-5-20-6-4-9/h1-2,7,9H,3-6,8H2,(H,14,16)(H,17,18,19). The Balaban J connectivity index is 1.99. The lowest BCUT2D eigenvalue weighted by atomic mass is 10.0. The minimum absolute atomic E-state index is 0.227. The summed E-state index contributed by atoms with van der Waals surface area (Å²) in [5.74, 6) is 0.372. The van der Waals surface area contributed by atoms with E-state index in [1.807, 2.05) is 0 Å². The van der Waals surface area contributed by atoms with Crippen molar-refractivity contribution in [1.82, 2.24) is 9.55 Å². The van der Waals surface area contributed by atoms with Gasteiger partial charge in [0.05, 0.1) is 15.9 Å². The van der Waals surface area contributed by atoms with E-state index in [4.69, 9.17) is 9.29 Å². The molecule has 1 aromatic heterocycles. The SMILES string of the molecule is O=c1[nH]c2cc(S(=O)(=O)O)ccc2n1CC1CCOCC1. The molecule has 1 aliphatic rings. The van der Waals surface area contributed by atoms with Gasteiger partial charge in [-0.15, -0.1) is 0 Å². The van der Waals surface area contributed by atoms with Gasteiger partial charge in [-0.2, -0.15) is 8.42 Å². The van der Waals surface area contributed by atoms with Crippen LogP contribution < -0.4 is 5.69 Å². The maximum Gasteiger partial charge on any atom is 0.326 e. The zero-order chi connectivity index (χ0) is 15.0. The van der Waals surface area contributed by atoms with Crippen molar-refractivity contribution >= 4 is 21.2 Å². The first-order valence-electron chi connectivity index (χ1n) is 6.73. The number of aromatic amines is 1. The van der Waals surface area contributed by atoms with Crippen LogP contribution in [0.1, 0.15) is 12.8 Å². The highest BCUT2D eigenvalue weighted by Gasteiger charge is 2.18. The summed E-state index contributed by atoms with van der Waals surface area (Å²) in [4.78, 5) is 14.4. The minimum atomic E-state index is -4.27. The molecule has 1 aliphatic heterocycles. The molecule has 8 heteroatoms. The van der Waals surface area contributed by atoms with Crippen molar-refractivity contribution in [3.63, 3.8) is 0 Å². The number of aromatic nitrogens is 2. The molecule has 21 heavy (non-hydrogen) atoms. The average molecular weight is 312 g/mol. The number of fused-ring (bicyclic) bond motifs is 1. The highest BCUT2D eigenvalue weighted by atomic mass is 32.2. The van der Waals surface area contributed by atoms with E-state index in [0.717, 1.165) is 12.8 Å². The smallest absolute Gasteiger partial charge is 0.326 e. The fourth-order valence-corrected chi connectivity index (χ4v) is 3.18. The van der Waals surface area contributed by atoms with Crippen LogP contribution in [0.2, 0.25) is 0 Å². The van der Waals surface area contributed by atoms with Crippen LogP contribution in [0.15, 0.2) is 27.9 Å². The molecule has 0 spiro atoms. The molecule has 0 amide bonds. The van der Waals surface area contributed by atoms with Crippen molar-refractivity contribution in [3.05, 3.63) is 28.7 Å². The van der Waals surface area contributed by atoms with E-state index in [0.29, 0.717) is 36.7 Å². The Hall–Kier alpha value is -1.64. The van der Waals surface area contributed by atoms with Gasteiger partial charge in [-0.3, -0.25) is 9.12 Å². The molecular formula is C13H16N2O5S. The van der Waals surface area contributed by atoms with Crippen molar-refractivity contribution in [2.75, 3.05) is 13.2 Å². The second kappa shape index (κ2) is 5.28. The Morgan fingerprint density at radius 3 is 2.71 bits per heavy atom. The molecule has 2 heterocycles. The van der Waals surface area contributed by atoms with Crippen LogP contribution in [0.25, 0.3) is 11.0 Å². The van der Waals surface area contributed by atoms with Crippen LogP contribution in [0.4, 0.5) is 0 Å². The molecular weight excluding hydrogens is 296 g/mol. The van der Waals surface area contributed by atoms with Gasteiger partial charge in [0.25, 0.3) is 10.1 Å². The Bertz CT molecular complexity index is 815. The van der Waals surface area contributed by atoms with Crippen LogP contribution in [-0.4, -0.2) is 35.7 Å². The predicted octanol–water partition coefficient (Wildman–Crippen LogP) is 1.00. The topological polar surface area (TPSA) is 101 Å². The van der Waals surface area contributed by atoms with Crippen molar-refractivity contribution in [2.24, 2.45) is 5.92 Å². The molecule has 0 aliphatic carbocycles.